The zero-order valence-corrected chi connectivity index (χ0v) is 19.1. The molecule has 32 heavy (non-hydrogen) atoms. The van der Waals surface area contributed by atoms with E-state index in [0.29, 0.717) is 0 Å². The Morgan fingerprint density at radius 1 is 1.19 bits per heavy atom. The van der Waals surface area contributed by atoms with E-state index in [9.17, 15) is 4.79 Å². The smallest absolute Gasteiger partial charge is 0.255 e. The largest absolute Gasteiger partial charge is 0.300 e. The third kappa shape index (κ3) is 3.89. The van der Waals surface area contributed by atoms with Crippen molar-refractivity contribution in [2.45, 2.75) is 26.7 Å². The van der Waals surface area contributed by atoms with Crippen LogP contribution in [0.2, 0.25) is 0 Å². The minimum absolute atomic E-state index is 0.0116. The second kappa shape index (κ2) is 8.40. The van der Waals surface area contributed by atoms with E-state index >= 15 is 0 Å². The Bertz CT molecular complexity index is 1220. The first kappa shape index (κ1) is 20.7. The monoisotopic (exact) mass is 426 g/mol. The van der Waals surface area contributed by atoms with Gasteiger partial charge in [-0.3, -0.25) is 19.3 Å². The lowest BCUT2D eigenvalue weighted by Gasteiger charge is -2.30. The number of nitrogens with zero attached hydrogens (tertiary/aromatic N) is 4. The molecular weight excluding hydrogens is 396 g/mol. The molecule has 1 aromatic carbocycles. The van der Waals surface area contributed by atoms with E-state index in [0.717, 1.165) is 65.8 Å². The number of aryl methyl sites for hydroxylation is 1. The Balaban J connectivity index is 1.47. The van der Waals surface area contributed by atoms with Crippen LogP contribution in [0, 0.1) is 5.92 Å². The van der Waals surface area contributed by atoms with Crippen molar-refractivity contribution in [2.75, 3.05) is 19.6 Å². The van der Waals surface area contributed by atoms with Crippen molar-refractivity contribution < 1.29 is 4.79 Å². The second-order valence-electron chi connectivity index (χ2n) is 8.94. The van der Waals surface area contributed by atoms with Gasteiger partial charge in [0.25, 0.3) is 5.91 Å². The number of aromatic nitrogens is 2. The molecule has 0 aliphatic carbocycles. The molecule has 0 radical (unpaired) electrons. The van der Waals surface area contributed by atoms with Gasteiger partial charge in [0.05, 0.1) is 5.52 Å². The maximum absolute atomic E-state index is 13.4. The number of fused-ring (bicyclic) bond motifs is 2. The van der Waals surface area contributed by atoms with Gasteiger partial charge in [-0.1, -0.05) is 38.1 Å². The van der Waals surface area contributed by atoms with Gasteiger partial charge in [0.1, 0.15) is 0 Å². The first-order valence-corrected chi connectivity index (χ1v) is 11.5. The van der Waals surface area contributed by atoms with Gasteiger partial charge in [-0.15, -0.1) is 0 Å². The topological polar surface area (TPSA) is 41.4 Å². The molecule has 0 saturated carbocycles. The number of allylic oxidation sites excluding steroid dienone is 5. The molecule has 4 heterocycles. The summed E-state index contributed by atoms with van der Waals surface area (Å²) < 4.78 is 1.83. The van der Waals surface area contributed by atoms with Gasteiger partial charge in [-0.2, -0.15) is 5.10 Å². The Morgan fingerprint density at radius 2 is 2.06 bits per heavy atom. The van der Waals surface area contributed by atoms with Crippen molar-refractivity contribution >= 4 is 22.4 Å². The Morgan fingerprint density at radius 3 is 2.84 bits per heavy atom. The van der Waals surface area contributed by atoms with Crippen LogP contribution in [0.1, 0.15) is 32.3 Å². The van der Waals surface area contributed by atoms with Crippen LogP contribution in [0.25, 0.3) is 16.5 Å². The molecule has 5 rings (SSSR count). The molecule has 0 bridgehead atoms. The molecule has 1 atom stereocenters. The van der Waals surface area contributed by atoms with Crippen molar-refractivity contribution in [1.29, 1.82) is 0 Å². The molecule has 5 heteroatoms. The molecule has 3 aliphatic rings. The highest BCUT2D eigenvalue weighted by Gasteiger charge is 2.24. The lowest BCUT2D eigenvalue weighted by molar-refractivity contribution is -0.122. The molecule has 2 aromatic rings. The summed E-state index contributed by atoms with van der Waals surface area (Å²) in [5, 5.41) is 5.57. The zero-order chi connectivity index (χ0) is 22.2. The fourth-order valence-electron chi connectivity index (χ4n) is 4.79. The highest BCUT2D eigenvalue weighted by molar-refractivity contribution is 5.99. The fraction of sp³-hybridized carbons (Fsp3) is 0.333. The molecule has 164 valence electrons. The summed E-state index contributed by atoms with van der Waals surface area (Å²) in [6, 6.07) is 6.27. The van der Waals surface area contributed by atoms with Crippen molar-refractivity contribution in [2.24, 2.45) is 13.0 Å². The molecule has 1 amide bonds. The van der Waals surface area contributed by atoms with Crippen molar-refractivity contribution in [1.82, 2.24) is 19.6 Å². The van der Waals surface area contributed by atoms with Crippen LogP contribution in [0.15, 0.2) is 77.8 Å². The molecule has 0 saturated heterocycles. The number of hydrogen-bond acceptors (Lipinski definition) is 3. The Hall–Kier alpha value is -3.18. The normalized spacial score (nSPS) is 22.0. The molecule has 1 aromatic heterocycles. The third-order valence-corrected chi connectivity index (χ3v) is 6.77. The van der Waals surface area contributed by atoms with Crippen molar-refractivity contribution in [3.63, 3.8) is 0 Å². The van der Waals surface area contributed by atoms with E-state index in [2.05, 4.69) is 60.3 Å². The van der Waals surface area contributed by atoms with E-state index in [-0.39, 0.29) is 11.8 Å². The Kier molecular flexibility index (Phi) is 5.43. The number of amides is 1. The highest BCUT2D eigenvalue weighted by Crippen LogP contribution is 2.33. The molecular formula is C27H30N4O. The van der Waals surface area contributed by atoms with Gasteiger partial charge >= 0.3 is 0 Å². The maximum atomic E-state index is 13.4. The third-order valence-electron chi connectivity index (χ3n) is 6.77. The van der Waals surface area contributed by atoms with Crippen LogP contribution in [-0.2, 0) is 11.8 Å². The van der Waals surface area contributed by atoms with E-state index in [1.54, 1.807) is 0 Å². The van der Waals surface area contributed by atoms with Crippen molar-refractivity contribution in [3.8, 4) is 0 Å². The summed E-state index contributed by atoms with van der Waals surface area (Å²) in [6.07, 6.45) is 16.5. The molecule has 0 N–H and O–H groups in total. The van der Waals surface area contributed by atoms with E-state index in [4.69, 9.17) is 0 Å². The molecule has 1 unspecified atom stereocenters. The molecule has 0 spiro atoms. The lowest BCUT2D eigenvalue weighted by atomic mass is 9.88. The Labute approximate surface area is 189 Å². The van der Waals surface area contributed by atoms with Gasteiger partial charge in [0.2, 0.25) is 0 Å². The quantitative estimate of drug-likeness (QED) is 0.707. The zero-order valence-electron chi connectivity index (χ0n) is 19.1. The molecule has 5 nitrogen and oxygen atoms in total. The first-order chi connectivity index (χ1) is 15.5. The summed E-state index contributed by atoms with van der Waals surface area (Å²) in [5.74, 6) is 0.264. The summed E-state index contributed by atoms with van der Waals surface area (Å²) in [7, 11) is 1.93. The summed E-state index contributed by atoms with van der Waals surface area (Å²) in [4.78, 5) is 17.7. The van der Waals surface area contributed by atoms with Crippen LogP contribution in [0.3, 0.4) is 0 Å². The van der Waals surface area contributed by atoms with Crippen LogP contribution in [-0.4, -0.2) is 45.1 Å². The van der Waals surface area contributed by atoms with Crippen LogP contribution < -0.4 is 0 Å². The average molecular weight is 427 g/mol. The number of benzene rings is 1. The predicted molar refractivity (Wildman–Crippen MR) is 129 cm³/mol. The second-order valence-corrected chi connectivity index (χ2v) is 8.94. The standard InChI is InChI=1S/C27H30N4O/c1-4-30-13-11-20(12-14-30)22-6-9-24-8-5-19(2)25(16-27(32)31(24)18-22)21-7-10-26-23(15-21)17-29(3)28-26/h6-11,15-19H,4-5,12-14H2,1-3H3. The van der Waals surface area contributed by atoms with E-state index in [1.165, 1.54) is 5.57 Å². The average Bonchev–Trinajstić information content (AvgIpc) is 3.19. The van der Waals surface area contributed by atoms with Crippen LogP contribution in [0.4, 0.5) is 0 Å². The minimum Gasteiger partial charge on any atom is -0.300 e. The van der Waals surface area contributed by atoms with Gasteiger partial charge < -0.3 is 0 Å². The van der Waals surface area contributed by atoms with Crippen molar-refractivity contribution in [3.05, 3.63) is 83.4 Å². The summed E-state index contributed by atoms with van der Waals surface area (Å²) in [5.41, 5.74) is 6.59. The molecule has 3 aliphatic heterocycles. The number of carbonyl (C=O) groups excluding carboxylic acids is 1. The van der Waals surface area contributed by atoms with E-state index in [1.807, 2.05) is 41.2 Å². The van der Waals surface area contributed by atoms with Gasteiger partial charge in [-0.25, -0.2) is 0 Å². The number of carbonyl (C=O) groups is 1. The highest BCUT2D eigenvalue weighted by atomic mass is 16.2. The van der Waals surface area contributed by atoms with Crippen LogP contribution in [0.5, 0.6) is 0 Å². The first-order valence-electron chi connectivity index (χ1n) is 11.5. The number of rotatable bonds is 3. The van der Waals surface area contributed by atoms with Crippen LogP contribution >= 0.6 is 0 Å². The lowest BCUT2D eigenvalue weighted by Crippen LogP contribution is -2.30. The summed E-state index contributed by atoms with van der Waals surface area (Å²) >= 11 is 0. The predicted octanol–water partition coefficient (Wildman–Crippen LogP) is 4.81. The van der Waals surface area contributed by atoms with Gasteiger partial charge in [0.15, 0.2) is 0 Å². The summed E-state index contributed by atoms with van der Waals surface area (Å²) in [6.45, 7) is 7.52. The number of likely N-dealkylation sites (N-methyl/N-ethyl adjacent to an activating group) is 1. The van der Waals surface area contributed by atoms with E-state index < -0.39 is 0 Å². The maximum Gasteiger partial charge on any atom is 0.255 e. The fourth-order valence-corrected chi connectivity index (χ4v) is 4.79. The number of hydrogen-bond donors (Lipinski definition) is 0. The van der Waals surface area contributed by atoms with Gasteiger partial charge in [-0.05, 0) is 65.8 Å². The minimum atomic E-state index is 0.0116. The SMILES string of the molecule is CCN1CC=C(C2=CN3C(=O)C=C(c4ccc5nn(C)cc5c4)C(C)CC=C3C=C2)CC1. The van der Waals surface area contributed by atoms with Gasteiger partial charge in [0, 0.05) is 49.7 Å². The molecule has 0 fully saturated rings.